The predicted molar refractivity (Wildman–Crippen MR) is 32.0 cm³/mol. The van der Waals surface area contributed by atoms with Crippen LogP contribution in [0.1, 0.15) is 13.3 Å². The maximum atomic E-state index is 9.58. The molecule has 1 radical (unpaired) electrons. The molecule has 0 saturated heterocycles. The molecule has 0 unspecified atom stereocenters. The van der Waals surface area contributed by atoms with E-state index < -0.39 is 0 Å². The zero-order chi connectivity index (χ0) is 6.24. The summed E-state index contributed by atoms with van der Waals surface area (Å²) >= 11 is 0. The Balaban J connectivity index is 0. The Morgan fingerprint density at radius 2 is 2.11 bits per heavy atom. The molecule has 0 fully saturated rings. The van der Waals surface area contributed by atoms with E-state index in [2.05, 4.69) is 12.2 Å². The van der Waals surface area contributed by atoms with Crippen molar-refractivity contribution in [3.05, 3.63) is 24.3 Å². The van der Waals surface area contributed by atoms with Crippen LogP contribution >= 0.6 is 0 Å². The molecular weight excluding hydrogens is 189 g/mol. The number of allylic oxidation sites excluding steroid dienone is 4. The van der Waals surface area contributed by atoms with E-state index in [4.69, 9.17) is 0 Å². The molecule has 0 aromatic heterocycles. The third-order valence-corrected chi connectivity index (χ3v) is 0.570. The summed E-state index contributed by atoms with van der Waals surface area (Å²) in [7, 11) is 0. The van der Waals surface area contributed by atoms with Gasteiger partial charge in [-0.3, -0.25) is 0 Å². The van der Waals surface area contributed by atoms with Gasteiger partial charge in [-0.2, -0.15) is 0 Å². The summed E-state index contributed by atoms with van der Waals surface area (Å²) < 4.78 is 0. The molecule has 0 aliphatic heterocycles. The average Bonchev–Trinajstić information content (AvgIpc) is 1.81. The monoisotopic (exact) mass is 197 g/mol. The molecule has 0 saturated carbocycles. The smallest absolute Gasteiger partial charge is 0.0353 e. The number of rotatable bonds is 3. The van der Waals surface area contributed by atoms with Gasteiger partial charge in [0, 0.05) is 39.0 Å². The molecule has 0 bridgehead atoms. The summed E-state index contributed by atoms with van der Waals surface area (Å²) in [4.78, 5) is 9.58. The Kier molecular flexibility index (Phi) is 14.8. The van der Waals surface area contributed by atoms with Crippen LogP contribution in [0.15, 0.2) is 12.2 Å². The van der Waals surface area contributed by atoms with Crippen molar-refractivity contribution in [2.75, 3.05) is 0 Å². The minimum absolute atomic E-state index is 0. The zero-order valence-corrected chi connectivity index (χ0v) is 8.26. The number of carbonyl (C=O) groups excluding carboxylic acids is 1. The van der Waals surface area contributed by atoms with Crippen molar-refractivity contribution in [1.82, 2.24) is 0 Å². The number of aldehydes is 1. The summed E-state index contributed by atoms with van der Waals surface area (Å²) in [6.45, 7) is 1.98. The van der Waals surface area contributed by atoms with Crippen LogP contribution in [0, 0.1) is 12.2 Å². The fraction of sp³-hybridized carbons (Fsp3) is 0.286. The van der Waals surface area contributed by atoms with E-state index in [9.17, 15) is 4.79 Å². The van der Waals surface area contributed by atoms with Crippen LogP contribution < -0.4 is 0 Å². The minimum Gasteiger partial charge on any atom is -0.390 e. The van der Waals surface area contributed by atoms with E-state index in [1.54, 1.807) is 6.08 Å². The maximum absolute atomic E-state index is 9.58. The van der Waals surface area contributed by atoms with Crippen molar-refractivity contribution in [3.8, 4) is 0 Å². The summed E-state index contributed by atoms with van der Waals surface area (Å²) in [5.74, 6) is 0. The Labute approximate surface area is 81.1 Å². The van der Waals surface area contributed by atoms with E-state index in [-0.39, 0.29) is 32.7 Å². The molecule has 47 valence electrons. The van der Waals surface area contributed by atoms with E-state index in [1.165, 1.54) is 6.08 Å². The van der Waals surface area contributed by atoms with Gasteiger partial charge in [0.15, 0.2) is 0 Å². The first-order chi connectivity index (χ1) is 3.91. The molecule has 0 amide bonds. The summed E-state index contributed by atoms with van der Waals surface area (Å²) in [5.41, 5.74) is 0. The predicted octanol–water partition coefficient (Wildman–Crippen LogP) is 1.31. The third-order valence-electron chi connectivity index (χ3n) is 0.570. The fourth-order valence-corrected chi connectivity index (χ4v) is 0.264. The van der Waals surface area contributed by atoms with Crippen molar-refractivity contribution < 1.29 is 37.5 Å². The molecule has 0 aliphatic carbocycles. The number of hydrogen-bond donors (Lipinski definition) is 0. The van der Waals surface area contributed by atoms with Gasteiger partial charge in [0.1, 0.15) is 0 Å². The minimum atomic E-state index is 0. The van der Waals surface area contributed by atoms with Crippen LogP contribution in [-0.4, -0.2) is 6.29 Å². The Morgan fingerprint density at radius 1 is 1.44 bits per heavy atom. The Morgan fingerprint density at radius 3 is 2.56 bits per heavy atom. The third kappa shape index (κ3) is 11.7. The first kappa shape index (κ1) is 12.0. The van der Waals surface area contributed by atoms with Crippen molar-refractivity contribution in [2.24, 2.45) is 0 Å². The van der Waals surface area contributed by atoms with Crippen LogP contribution in [0.3, 0.4) is 0 Å². The second kappa shape index (κ2) is 11.1. The van der Waals surface area contributed by atoms with E-state index in [1.807, 2.05) is 6.92 Å². The molecule has 0 N–H and O–H groups in total. The Bertz CT molecular complexity index is 105. The normalized spacial score (nSPS) is 9.89. The van der Waals surface area contributed by atoms with Crippen molar-refractivity contribution in [2.45, 2.75) is 13.3 Å². The summed E-state index contributed by atoms with van der Waals surface area (Å²) in [6.07, 6.45) is 9.94. The van der Waals surface area contributed by atoms with Crippen LogP contribution in [0.5, 0.6) is 0 Å². The fourth-order valence-electron chi connectivity index (χ4n) is 0.264. The molecule has 0 atom stereocenters. The van der Waals surface area contributed by atoms with Crippen LogP contribution in [0.2, 0.25) is 0 Å². The van der Waals surface area contributed by atoms with Crippen molar-refractivity contribution >= 4 is 6.29 Å². The standard InChI is InChI=1S/C7H8O.Y/c1-2-3-4-5-6-7-8;/h4-5,7H,2H2,1H3;/q-2;. The van der Waals surface area contributed by atoms with Gasteiger partial charge in [-0.15, -0.1) is 6.42 Å². The largest absolute Gasteiger partial charge is 0.390 e. The molecule has 0 heterocycles. The van der Waals surface area contributed by atoms with Gasteiger partial charge in [0.05, 0.1) is 0 Å². The summed E-state index contributed by atoms with van der Waals surface area (Å²) in [6, 6.07) is 0. The molecule has 0 aliphatic rings. The quantitative estimate of drug-likeness (QED) is 0.288. The first-order valence-corrected chi connectivity index (χ1v) is 2.50. The van der Waals surface area contributed by atoms with Crippen molar-refractivity contribution in [1.29, 1.82) is 0 Å². The van der Waals surface area contributed by atoms with Crippen LogP contribution in [-0.2, 0) is 37.5 Å². The van der Waals surface area contributed by atoms with Crippen molar-refractivity contribution in [3.63, 3.8) is 0 Å². The second-order valence-corrected chi connectivity index (χ2v) is 1.18. The number of carbonyl (C=O) groups is 1. The maximum Gasteiger partial charge on any atom is 0.0353 e. The molecule has 1 nitrogen and oxygen atoms in total. The second-order valence-electron chi connectivity index (χ2n) is 1.18. The van der Waals surface area contributed by atoms with Crippen LogP contribution in [0.25, 0.3) is 0 Å². The first-order valence-electron chi connectivity index (χ1n) is 2.50. The number of hydrogen-bond acceptors (Lipinski definition) is 1. The molecule has 2 heteroatoms. The topological polar surface area (TPSA) is 17.1 Å². The SMILES string of the molecule is CC[C-]=CC=[C-]C=O.[Y]. The molecule has 9 heavy (non-hydrogen) atoms. The molecule has 0 rings (SSSR count). The van der Waals surface area contributed by atoms with Gasteiger partial charge in [-0.25, -0.2) is 0 Å². The van der Waals surface area contributed by atoms with Gasteiger partial charge in [0.2, 0.25) is 0 Å². The van der Waals surface area contributed by atoms with E-state index >= 15 is 0 Å². The van der Waals surface area contributed by atoms with Gasteiger partial charge >= 0.3 is 0 Å². The van der Waals surface area contributed by atoms with Gasteiger partial charge in [0.25, 0.3) is 0 Å². The molecular formula is C7H8OY-2. The van der Waals surface area contributed by atoms with E-state index in [0.29, 0.717) is 6.29 Å². The average molecular weight is 197 g/mol. The Hall–Kier alpha value is 0.254. The summed E-state index contributed by atoms with van der Waals surface area (Å²) in [5, 5.41) is 0. The van der Waals surface area contributed by atoms with Crippen LogP contribution in [0.4, 0.5) is 0 Å². The molecule has 0 aromatic carbocycles. The molecule has 0 aromatic rings. The van der Waals surface area contributed by atoms with Gasteiger partial charge < -0.3 is 29.1 Å². The van der Waals surface area contributed by atoms with Gasteiger partial charge in [-0.1, -0.05) is 6.92 Å². The zero-order valence-electron chi connectivity index (χ0n) is 5.42. The van der Waals surface area contributed by atoms with E-state index in [0.717, 1.165) is 6.42 Å². The molecule has 0 spiro atoms. The van der Waals surface area contributed by atoms with Gasteiger partial charge in [-0.05, 0) is 0 Å².